The van der Waals surface area contributed by atoms with Crippen molar-refractivity contribution in [3.63, 3.8) is 0 Å². The number of aryl methyl sites for hydroxylation is 2. The van der Waals surface area contributed by atoms with Gasteiger partial charge in [0.05, 0.1) is 6.54 Å². The molecule has 0 bridgehead atoms. The van der Waals surface area contributed by atoms with Crippen LogP contribution < -0.4 is 0 Å². The molecule has 0 radical (unpaired) electrons. The van der Waals surface area contributed by atoms with Crippen molar-refractivity contribution in [2.75, 3.05) is 13.1 Å². The molecule has 3 heteroatoms. The van der Waals surface area contributed by atoms with Gasteiger partial charge in [0, 0.05) is 21.4 Å². The van der Waals surface area contributed by atoms with E-state index in [2.05, 4.69) is 25.7 Å². The maximum Gasteiger partial charge on any atom is 0.177 e. The van der Waals surface area contributed by atoms with Crippen LogP contribution in [0.4, 0.5) is 0 Å². The number of unbranched alkanes of at least 4 members (excludes halogenated alkanes) is 1. The maximum absolute atomic E-state index is 12.3. The van der Waals surface area contributed by atoms with E-state index in [-0.39, 0.29) is 0 Å². The third kappa shape index (κ3) is 3.42. The van der Waals surface area contributed by atoms with Crippen LogP contribution in [0.5, 0.6) is 0 Å². The number of nitrogens with zero attached hydrogens (tertiary/aromatic N) is 1. The Morgan fingerprint density at radius 3 is 2.67 bits per heavy atom. The number of carbonyl (C=O) groups is 1. The second-order valence-corrected chi connectivity index (χ2v) is 6.77. The van der Waals surface area contributed by atoms with Gasteiger partial charge in [-0.25, -0.2) is 0 Å². The maximum atomic E-state index is 12.3. The Balaban J connectivity index is 1.98. The van der Waals surface area contributed by atoms with Crippen molar-refractivity contribution in [3.8, 4) is 0 Å². The molecule has 100 valence electrons. The number of rotatable bonds is 7. The quantitative estimate of drug-likeness (QED) is 0.699. The van der Waals surface area contributed by atoms with Gasteiger partial charge in [0.25, 0.3) is 0 Å². The van der Waals surface area contributed by atoms with Crippen LogP contribution in [-0.4, -0.2) is 29.8 Å². The largest absolute Gasteiger partial charge is 0.293 e. The highest BCUT2D eigenvalue weighted by Gasteiger charge is 2.30. The minimum atomic E-state index is 0.305. The summed E-state index contributed by atoms with van der Waals surface area (Å²) >= 11 is 1.73. The minimum Gasteiger partial charge on any atom is -0.293 e. The summed E-state index contributed by atoms with van der Waals surface area (Å²) in [6, 6.07) is 2.73. The van der Waals surface area contributed by atoms with E-state index < -0.39 is 0 Å². The van der Waals surface area contributed by atoms with Gasteiger partial charge in [0.1, 0.15) is 0 Å². The fourth-order valence-electron chi connectivity index (χ4n) is 2.37. The van der Waals surface area contributed by atoms with Crippen LogP contribution in [0.25, 0.3) is 0 Å². The number of hydrogen-bond acceptors (Lipinski definition) is 3. The molecule has 1 fully saturated rings. The molecule has 0 amide bonds. The third-order valence-corrected chi connectivity index (χ3v) is 4.52. The first-order valence-corrected chi connectivity index (χ1v) is 7.77. The van der Waals surface area contributed by atoms with Crippen LogP contribution in [0.15, 0.2) is 6.07 Å². The van der Waals surface area contributed by atoms with Gasteiger partial charge in [-0.1, -0.05) is 13.3 Å². The average molecular weight is 265 g/mol. The monoisotopic (exact) mass is 265 g/mol. The predicted octanol–water partition coefficient (Wildman–Crippen LogP) is 3.81. The van der Waals surface area contributed by atoms with E-state index >= 15 is 0 Å². The van der Waals surface area contributed by atoms with Crippen LogP contribution in [0, 0.1) is 13.8 Å². The standard InChI is InChI=1S/C15H23NOS/c1-4-5-8-16(13-6-7-13)10-15(17)14-9-11(2)18-12(14)3/h9,13H,4-8,10H2,1-3H3. The molecular weight excluding hydrogens is 242 g/mol. The van der Waals surface area contributed by atoms with E-state index in [9.17, 15) is 4.79 Å². The van der Waals surface area contributed by atoms with Crippen molar-refractivity contribution < 1.29 is 4.79 Å². The first kappa shape index (κ1) is 13.8. The normalized spacial score (nSPS) is 15.3. The van der Waals surface area contributed by atoms with Gasteiger partial charge in [-0.05, 0) is 45.7 Å². The Kier molecular flexibility index (Phi) is 4.57. The van der Waals surface area contributed by atoms with Gasteiger partial charge >= 0.3 is 0 Å². The number of Topliss-reactive ketones (excluding diaryl/α,β-unsaturated/α-hetero) is 1. The Bertz CT molecular complexity index is 420. The Labute approximate surface area is 114 Å². The summed E-state index contributed by atoms with van der Waals surface area (Å²) in [5, 5.41) is 0. The summed E-state index contributed by atoms with van der Waals surface area (Å²) < 4.78 is 0. The van der Waals surface area contributed by atoms with Crippen molar-refractivity contribution >= 4 is 17.1 Å². The van der Waals surface area contributed by atoms with Crippen LogP contribution in [0.2, 0.25) is 0 Å². The second-order valence-electron chi connectivity index (χ2n) is 5.31. The smallest absolute Gasteiger partial charge is 0.177 e. The number of thiophene rings is 1. The molecule has 1 aromatic rings. The van der Waals surface area contributed by atoms with Crippen molar-refractivity contribution in [1.29, 1.82) is 0 Å². The molecular formula is C15H23NOS. The van der Waals surface area contributed by atoms with E-state index in [0.29, 0.717) is 18.4 Å². The summed E-state index contributed by atoms with van der Waals surface area (Å²) in [5.74, 6) is 0.305. The molecule has 1 heterocycles. The molecule has 18 heavy (non-hydrogen) atoms. The topological polar surface area (TPSA) is 20.3 Å². The van der Waals surface area contributed by atoms with Crippen molar-refractivity contribution in [1.82, 2.24) is 4.90 Å². The van der Waals surface area contributed by atoms with E-state index in [1.165, 1.54) is 35.4 Å². The molecule has 0 N–H and O–H groups in total. The van der Waals surface area contributed by atoms with Crippen LogP contribution in [-0.2, 0) is 0 Å². The lowest BCUT2D eigenvalue weighted by molar-refractivity contribution is 0.0923. The number of hydrogen-bond donors (Lipinski definition) is 0. The van der Waals surface area contributed by atoms with E-state index in [0.717, 1.165) is 12.1 Å². The van der Waals surface area contributed by atoms with Gasteiger partial charge in [-0.15, -0.1) is 11.3 Å². The average Bonchev–Trinajstić information content (AvgIpc) is 3.10. The summed E-state index contributed by atoms with van der Waals surface area (Å²) in [5.41, 5.74) is 0.944. The summed E-state index contributed by atoms with van der Waals surface area (Å²) in [6.45, 7) is 8.03. The summed E-state index contributed by atoms with van der Waals surface area (Å²) in [6.07, 6.45) is 4.96. The fourth-order valence-corrected chi connectivity index (χ4v) is 3.31. The molecule has 0 saturated heterocycles. The molecule has 2 rings (SSSR count). The van der Waals surface area contributed by atoms with Gasteiger partial charge in [0.2, 0.25) is 0 Å². The van der Waals surface area contributed by atoms with E-state index in [1.807, 2.05) is 6.07 Å². The first-order valence-electron chi connectivity index (χ1n) is 6.96. The fraction of sp³-hybridized carbons (Fsp3) is 0.667. The zero-order valence-corrected chi connectivity index (χ0v) is 12.5. The molecule has 0 aliphatic heterocycles. The van der Waals surface area contributed by atoms with Crippen molar-refractivity contribution in [2.24, 2.45) is 0 Å². The zero-order chi connectivity index (χ0) is 13.1. The SMILES string of the molecule is CCCCN(CC(=O)c1cc(C)sc1C)C1CC1. The summed E-state index contributed by atoms with van der Waals surface area (Å²) in [7, 11) is 0. The lowest BCUT2D eigenvalue weighted by atomic mass is 10.1. The predicted molar refractivity (Wildman–Crippen MR) is 77.6 cm³/mol. The molecule has 1 aliphatic rings. The highest BCUT2D eigenvalue weighted by atomic mass is 32.1. The molecule has 0 atom stereocenters. The van der Waals surface area contributed by atoms with E-state index in [1.54, 1.807) is 11.3 Å². The Morgan fingerprint density at radius 2 is 2.17 bits per heavy atom. The third-order valence-electron chi connectivity index (χ3n) is 3.55. The molecule has 1 aliphatic carbocycles. The van der Waals surface area contributed by atoms with Gasteiger partial charge in [-0.3, -0.25) is 9.69 Å². The lowest BCUT2D eigenvalue weighted by Gasteiger charge is -2.20. The number of carbonyl (C=O) groups excluding carboxylic acids is 1. The van der Waals surface area contributed by atoms with Crippen LogP contribution >= 0.6 is 11.3 Å². The lowest BCUT2D eigenvalue weighted by Crippen LogP contribution is -2.32. The molecule has 2 nitrogen and oxygen atoms in total. The summed E-state index contributed by atoms with van der Waals surface area (Å²) in [4.78, 5) is 17.1. The highest BCUT2D eigenvalue weighted by Crippen LogP contribution is 2.28. The van der Waals surface area contributed by atoms with Crippen molar-refractivity contribution in [2.45, 2.75) is 52.5 Å². The Hall–Kier alpha value is -0.670. The zero-order valence-electron chi connectivity index (χ0n) is 11.7. The van der Waals surface area contributed by atoms with Gasteiger partial charge < -0.3 is 0 Å². The molecule has 1 saturated carbocycles. The minimum absolute atomic E-state index is 0.305. The van der Waals surface area contributed by atoms with Gasteiger partial charge in [-0.2, -0.15) is 0 Å². The van der Waals surface area contributed by atoms with Crippen LogP contribution in [0.3, 0.4) is 0 Å². The molecule has 0 spiro atoms. The molecule has 0 unspecified atom stereocenters. The highest BCUT2D eigenvalue weighted by molar-refractivity contribution is 7.12. The molecule has 0 aromatic carbocycles. The Morgan fingerprint density at radius 1 is 1.44 bits per heavy atom. The van der Waals surface area contributed by atoms with Crippen LogP contribution in [0.1, 0.15) is 52.7 Å². The first-order chi connectivity index (χ1) is 8.61. The van der Waals surface area contributed by atoms with E-state index in [4.69, 9.17) is 0 Å². The van der Waals surface area contributed by atoms with Crippen molar-refractivity contribution in [3.05, 3.63) is 21.4 Å². The number of ketones is 1. The second kappa shape index (κ2) is 5.98. The molecule has 1 aromatic heterocycles. The van der Waals surface area contributed by atoms with Gasteiger partial charge in [0.15, 0.2) is 5.78 Å².